The predicted octanol–water partition coefficient (Wildman–Crippen LogP) is 22.6. The van der Waals surface area contributed by atoms with E-state index in [0.29, 0.717) is 22.3 Å². The molecule has 0 saturated carbocycles. The number of hydrogen-bond donors (Lipinski definition) is 14. The number of hydrogen-bond acceptors (Lipinski definition) is 14. The van der Waals surface area contributed by atoms with Crippen molar-refractivity contribution in [2.45, 2.75) is 56.3 Å². The third-order valence-corrected chi connectivity index (χ3v) is 21.4. The predicted molar refractivity (Wildman–Crippen MR) is 466 cm³/mol. The zero-order valence-corrected chi connectivity index (χ0v) is 65.4. The van der Waals surface area contributed by atoms with Crippen LogP contribution in [0.4, 0.5) is 0 Å². The monoisotopic (exact) mass is 1570 g/mol. The minimum Gasteiger partial charge on any atom is -0.508 e. The summed E-state index contributed by atoms with van der Waals surface area (Å²) in [5.41, 5.74) is 19.4. The van der Waals surface area contributed by atoms with Crippen molar-refractivity contribution in [3.63, 3.8) is 0 Å². The first kappa shape index (κ1) is 81.7. The molecule has 0 bridgehead atoms. The Morgan fingerprint density at radius 3 is 0.429 bits per heavy atom. The van der Waals surface area contributed by atoms with Gasteiger partial charge in [-0.15, -0.1) is 0 Å². The van der Waals surface area contributed by atoms with Crippen molar-refractivity contribution in [2.24, 2.45) is 0 Å². The molecule has 0 atom stereocenters. The topological polar surface area (TPSA) is 283 Å². The number of phenols is 14. The fraction of sp³-hybridized carbons (Fsp3) is 0.0857. The van der Waals surface area contributed by atoms with Gasteiger partial charge in [0.15, 0.2) is 0 Å². The Labute approximate surface area is 691 Å². The van der Waals surface area contributed by atoms with Crippen molar-refractivity contribution >= 4 is 0 Å². The van der Waals surface area contributed by atoms with Crippen LogP contribution in [0.5, 0.6) is 80.5 Å². The summed E-state index contributed by atoms with van der Waals surface area (Å²) >= 11 is 0. The van der Waals surface area contributed by atoms with E-state index in [4.69, 9.17) is 0 Å². The molecule has 0 amide bonds. The van der Waals surface area contributed by atoms with E-state index in [0.717, 1.165) is 94.6 Å². The van der Waals surface area contributed by atoms with Gasteiger partial charge in [0.1, 0.15) is 80.5 Å². The lowest BCUT2D eigenvalue weighted by atomic mass is 9.81. The van der Waals surface area contributed by atoms with Crippen molar-refractivity contribution in [1.82, 2.24) is 0 Å². The van der Waals surface area contributed by atoms with E-state index in [1.54, 1.807) is 152 Å². The molecule has 594 valence electrons. The van der Waals surface area contributed by atoms with Gasteiger partial charge >= 0.3 is 0 Å². The number of aromatic hydroxyl groups is 14. The van der Waals surface area contributed by atoms with E-state index in [9.17, 15) is 71.5 Å². The molecule has 0 radical (unpaired) electrons. The normalized spacial score (nSPS) is 11.1. The van der Waals surface area contributed by atoms with Gasteiger partial charge in [0.25, 0.3) is 0 Å². The second kappa shape index (κ2) is 37.3. The number of aryl methyl sites for hydroxylation is 3. The van der Waals surface area contributed by atoms with E-state index in [-0.39, 0.29) is 104 Å². The Morgan fingerprint density at radius 1 is 0.134 bits per heavy atom. The molecule has 14 heteroatoms. The fourth-order valence-electron chi connectivity index (χ4n) is 15.3. The van der Waals surface area contributed by atoms with Crippen molar-refractivity contribution in [2.75, 3.05) is 0 Å². The van der Waals surface area contributed by atoms with Gasteiger partial charge in [-0.05, 0) is 243 Å². The van der Waals surface area contributed by atoms with Crippen LogP contribution in [-0.4, -0.2) is 71.5 Å². The molecule has 0 aromatic heterocycles. The molecule has 0 saturated heterocycles. The second-order valence-corrected chi connectivity index (χ2v) is 29.4. The Kier molecular flexibility index (Phi) is 25.6. The number of phenolic OH excluding ortho intramolecular Hbond substituents is 14. The van der Waals surface area contributed by atoms with Crippen LogP contribution in [0.1, 0.15) is 152 Å². The van der Waals surface area contributed by atoms with Gasteiger partial charge in [-0.3, -0.25) is 0 Å². The summed E-state index contributed by atoms with van der Waals surface area (Å²) in [6.07, 6.45) is 0. The molecule has 16 aromatic rings. The van der Waals surface area contributed by atoms with Gasteiger partial charge in [-0.2, -0.15) is 0 Å². The van der Waals surface area contributed by atoms with E-state index < -0.39 is 11.8 Å². The highest BCUT2D eigenvalue weighted by Gasteiger charge is 2.28. The molecule has 0 aliphatic rings. The van der Waals surface area contributed by atoms with Gasteiger partial charge in [0.2, 0.25) is 0 Å². The van der Waals surface area contributed by atoms with Crippen LogP contribution >= 0.6 is 0 Å². The van der Waals surface area contributed by atoms with Crippen molar-refractivity contribution in [3.8, 4) is 80.5 Å². The molecule has 16 aromatic carbocycles. The van der Waals surface area contributed by atoms with Crippen LogP contribution in [0.3, 0.4) is 0 Å². The van der Waals surface area contributed by atoms with Crippen LogP contribution in [0.15, 0.2) is 370 Å². The third kappa shape index (κ3) is 19.7. The summed E-state index contributed by atoms with van der Waals surface area (Å²) in [6.45, 7) is 5.63. The van der Waals surface area contributed by atoms with E-state index >= 15 is 0 Å². The average molecular weight is 1580 g/mol. The highest BCUT2D eigenvalue weighted by Crippen LogP contribution is 2.46. The summed E-state index contributed by atoms with van der Waals surface area (Å²) in [5.74, 6) is 1.87. The van der Waals surface area contributed by atoms with Crippen molar-refractivity contribution in [1.29, 1.82) is 0 Å². The molecule has 0 aliphatic heterocycles. The summed E-state index contributed by atoms with van der Waals surface area (Å²) in [6, 6.07) is 112. The largest absolute Gasteiger partial charge is 0.508 e. The van der Waals surface area contributed by atoms with Gasteiger partial charge in [-0.25, -0.2) is 0 Å². The zero-order chi connectivity index (χ0) is 83.8. The first-order chi connectivity index (χ1) is 57.5. The van der Waals surface area contributed by atoms with Crippen LogP contribution in [0.2, 0.25) is 0 Å². The van der Waals surface area contributed by atoms with Gasteiger partial charge < -0.3 is 71.5 Å². The summed E-state index contributed by atoms with van der Waals surface area (Å²) in [4.78, 5) is 0. The lowest BCUT2D eigenvalue weighted by molar-refractivity contribution is 0.457. The second-order valence-electron chi connectivity index (χ2n) is 29.4. The minimum atomic E-state index is -0.393. The summed E-state index contributed by atoms with van der Waals surface area (Å²) in [5, 5.41) is 140. The lowest BCUT2D eigenvalue weighted by Gasteiger charge is -2.23. The minimum absolute atomic E-state index is 0.0400. The molecular weight excluding hydrogens is 1490 g/mol. The molecule has 14 nitrogen and oxygen atoms in total. The molecule has 0 fully saturated rings. The summed E-state index contributed by atoms with van der Waals surface area (Å²) in [7, 11) is 0. The molecule has 0 heterocycles. The zero-order valence-electron chi connectivity index (χ0n) is 65.4. The van der Waals surface area contributed by atoms with Crippen molar-refractivity contribution in [3.05, 3.63) is 487 Å². The van der Waals surface area contributed by atoms with Crippen molar-refractivity contribution < 1.29 is 71.5 Å². The van der Waals surface area contributed by atoms with Gasteiger partial charge in [0.05, 0.1) is 0 Å². The molecule has 14 N–H and O–H groups in total. The number of rotatable bonds is 18. The highest BCUT2D eigenvalue weighted by atomic mass is 16.3. The Bertz CT molecular complexity index is 5420. The standard InChI is InChI=1S/2C32H26O4.C22H22O3.C19H16O3/c33-27-13-5-1-9-23(27)31(24-10-2-6-14-28(24)34)21-17-19-22(20-18-21)32(25-11-3-7-15-29(25)35)26-12-4-8-16-30(26)36;33-27-13-5-23(6-14-27)31(24-7-15-28(34)16-8-24)21-1-2-22(4-3-21)32(25-9-17-29(35)18-10-25)26-11-19-30(36)20-12-26;1-13-10-16(4-7-19(13)23)22(17-5-8-20(24)14(2)11-17)18-6-9-21(25)15(3)12-18;20-16-7-1-13(2-8-16)19(14-3-9-17(21)10-4-14)15-5-11-18(22)12-6-15/h2*1-20,31-36H;4-12,22-25H,1-3H3;1-12,19-22H. The van der Waals surface area contributed by atoms with Crippen LogP contribution in [0, 0.1) is 20.8 Å². The molecule has 0 aliphatic carbocycles. The van der Waals surface area contributed by atoms with E-state index in [1.165, 1.54) is 0 Å². The Hall–Kier alpha value is -15.3. The molecule has 16 rings (SSSR count). The van der Waals surface area contributed by atoms with E-state index in [1.807, 2.05) is 215 Å². The number of para-hydroxylation sites is 4. The summed E-state index contributed by atoms with van der Waals surface area (Å²) < 4.78 is 0. The fourth-order valence-corrected chi connectivity index (χ4v) is 15.3. The Balaban J connectivity index is 0.000000140. The molecule has 119 heavy (non-hydrogen) atoms. The quantitative estimate of drug-likeness (QED) is 0.0356. The van der Waals surface area contributed by atoms with Gasteiger partial charge in [0, 0.05) is 57.8 Å². The first-order valence-corrected chi connectivity index (χ1v) is 38.7. The maximum Gasteiger partial charge on any atom is 0.119 e. The smallest absolute Gasteiger partial charge is 0.119 e. The highest BCUT2D eigenvalue weighted by molar-refractivity contribution is 5.59. The Morgan fingerprint density at radius 2 is 0.269 bits per heavy atom. The van der Waals surface area contributed by atoms with Crippen LogP contribution < -0.4 is 0 Å². The van der Waals surface area contributed by atoms with Crippen LogP contribution in [0.25, 0.3) is 0 Å². The SMILES string of the molecule is Cc1cc(C(c2ccc(O)c(C)c2)c2ccc(O)c(C)c2)ccc1O.Oc1ccc(C(c2ccc(O)cc2)c2ccc(C(c3ccc(O)cc3)c3ccc(O)cc3)cc2)cc1.Oc1ccc(C(c2ccc(O)cc2)c2ccc(O)cc2)cc1.Oc1ccccc1C(c1ccc(C(c2ccccc2O)c2ccccc2O)cc1)c1ccccc1O. The molecule has 0 unspecified atom stereocenters. The van der Waals surface area contributed by atoms with Crippen LogP contribution in [-0.2, 0) is 0 Å². The molecule has 0 spiro atoms. The van der Waals surface area contributed by atoms with Gasteiger partial charge in [-0.1, -0.05) is 243 Å². The maximum atomic E-state index is 10.7. The molecular formula is C105H90O14. The third-order valence-electron chi connectivity index (χ3n) is 21.4. The number of benzene rings is 16. The van der Waals surface area contributed by atoms with E-state index in [2.05, 4.69) is 24.3 Å². The average Bonchev–Trinajstić information content (AvgIpc) is 0.785. The lowest BCUT2D eigenvalue weighted by Crippen LogP contribution is -2.07. The first-order valence-electron chi connectivity index (χ1n) is 38.7. The maximum absolute atomic E-state index is 10.7.